The zero-order valence-electron chi connectivity index (χ0n) is 12.5. The molecule has 0 fully saturated rings. The van der Waals surface area contributed by atoms with Gasteiger partial charge in [0, 0.05) is 17.6 Å². The molecule has 2 N–H and O–H groups in total. The molecular formula is C15H20BrN3O2. The van der Waals surface area contributed by atoms with E-state index in [9.17, 15) is 4.79 Å². The predicted octanol–water partition coefficient (Wildman–Crippen LogP) is 3.65. The quantitative estimate of drug-likeness (QED) is 0.792. The van der Waals surface area contributed by atoms with Crippen molar-refractivity contribution >= 4 is 27.7 Å². The second-order valence-corrected chi connectivity index (χ2v) is 6.34. The van der Waals surface area contributed by atoms with Crippen LogP contribution in [-0.4, -0.2) is 24.8 Å². The summed E-state index contributed by atoms with van der Waals surface area (Å²) in [6.45, 7) is 6.64. The normalized spacial score (nSPS) is 10.6. The Morgan fingerprint density at radius 2 is 2.10 bits per heavy atom. The van der Waals surface area contributed by atoms with Gasteiger partial charge in [0.15, 0.2) is 0 Å². The van der Waals surface area contributed by atoms with Crippen LogP contribution in [0.4, 0.5) is 10.5 Å². The Kier molecular flexibility index (Phi) is 6.50. The van der Waals surface area contributed by atoms with Gasteiger partial charge in [-0.1, -0.05) is 6.07 Å². The molecule has 0 saturated heterocycles. The highest BCUT2D eigenvalue weighted by molar-refractivity contribution is 9.10. The Labute approximate surface area is 133 Å². The summed E-state index contributed by atoms with van der Waals surface area (Å²) in [4.78, 5) is 11.4. The molecule has 0 atom stereocenters. The lowest BCUT2D eigenvalue weighted by Crippen LogP contribution is -2.33. The van der Waals surface area contributed by atoms with E-state index in [0.29, 0.717) is 18.7 Å². The van der Waals surface area contributed by atoms with E-state index < -0.39 is 11.7 Å². The minimum Gasteiger partial charge on any atom is -0.444 e. The third kappa shape index (κ3) is 6.50. The van der Waals surface area contributed by atoms with E-state index in [2.05, 4.69) is 32.6 Å². The van der Waals surface area contributed by atoms with Gasteiger partial charge in [0.1, 0.15) is 11.7 Å². The van der Waals surface area contributed by atoms with Crippen LogP contribution in [0.15, 0.2) is 22.7 Å². The summed E-state index contributed by atoms with van der Waals surface area (Å²) in [6, 6.07) is 7.70. The molecule has 0 saturated carbocycles. The highest BCUT2D eigenvalue weighted by Crippen LogP contribution is 2.23. The highest BCUT2D eigenvalue weighted by atomic mass is 79.9. The van der Waals surface area contributed by atoms with Crippen molar-refractivity contribution in [2.75, 3.05) is 18.4 Å². The summed E-state index contributed by atoms with van der Waals surface area (Å²) in [6.07, 6.45) is 0.319. The van der Waals surface area contributed by atoms with Gasteiger partial charge in [-0.25, -0.2) is 4.79 Å². The molecule has 0 aromatic heterocycles. The van der Waals surface area contributed by atoms with E-state index in [1.54, 1.807) is 0 Å². The van der Waals surface area contributed by atoms with E-state index in [4.69, 9.17) is 10.00 Å². The number of ether oxygens (including phenoxy) is 1. The second-order valence-electron chi connectivity index (χ2n) is 5.48. The molecule has 1 aromatic carbocycles. The molecule has 5 nitrogen and oxygen atoms in total. The maximum Gasteiger partial charge on any atom is 0.407 e. The average molecular weight is 354 g/mol. The van der Waals surface area contributed by atoms with Crippen LogP contribution in [0.3, 0.4) is 0 Å². The van der Waals surface area contributed by atoms with E-state index in [-0.39, 0.29) is 0 Å². The number of halogens is 1. The number of benzene rings is 1. The summed E-state index contributed by atoms with van der Waals surface area (Å²) in [7, 11) is 0. The molecule has 0 spiro atoms. The van der Waals surface area contributed by atoms with Gasteiger partial charge >= 0.3 is 6.09 Å². The van der Waals surface area contributed by atoms with Crippen molar-refractivity contribution in [2.45, 2.75) is 32.8 Å². The van der Waals surface area contributed by atoms with Crippen molar-refractivity contribution in [3.8, 4) is 6.07 Å². The standard InChI is InChI=1S/C15H20BrN3O2/c1-15(2,3)21-14(20)19-9-5-8-18-13-7-4-6-12(16)11(13)10-17/h4,6-7,18H,5,8-9H2,1-3H3,(H,19,20). The summed E-state index contributed by atoms with van der Waals surface area (Å²) in [5, 5.41) is 15.0. The Morgan fingerprint density at radius 1 is 1.38 bits per heavy atom. The van der Waals surface area contributed by atoms with Crippen LogP contribution in [0.5, 0.6) is 0 Å². The zero-order chi connectivity index (χ0) is 15.9. The third-order valence-corrected chi connectivity index (χ3v) is 3.12. The third-order valence-electron chi connectivity index (χ3n) is 2.46. The largest absolute Gasteiger partial charge is 0.444 e. The fourth-order valence-electron chi connectivity index (χ4n) is 1.60. The van der Waals surface area contributed by atoms with Crippen molar-refractivity contribution in [3.63, 3.8) is 0 Å². The fraction of sp³-hybridized carbons (Fsp3) is 0.467. The molecule has 114 valence electrons. The number of alkyl carbamates (subject to hydrolysis) is 1. The lowest BCUT2D eigenvalue weighted by molar-refractivity contribution is 0.0528. The summed E-state index contributed by atoms with van der Waals surface area (Å²) >= 11 is 3.34. The summed E-state index contributed by atoms with van der Waals surface area (Å²) in [5.74, 6) is 0. The topological polar surface area (TPSA) is 74.2 Å². The second kappa shape index (κ2) is 7.89. The Balaban J connectivity index is 2.31. The Morgan fingerprint density at radius 3 is 2.71 bits per heavy atom. The number of hydrogen-bond donors (Lipinski definition) is 2. The van der Waals surface area contributed by atoms with Gasteiger partial charge in [-0.05, 0) is 55.3 Å². The SMILES string of the molecule is CC(C)(C)OC(=O)NCCCNc1cccc(Br)c1C#N. The van der Waals surface area contributed by atoms with Crippen molar-refractivity contribution in [1.29, 1.82) is 5.26 Å². The first-order chi connectivity index (χ1) is 9.83. The number of rotatable bonds is 5. The van der Waals surface area contributed by atoms with E-state index in [1.807, 2.05) is 39.0 Å². The van der Waals surface area contributed by atoms with E-state index >= 15 is 0 Å². The van der Waals surface area contributed by atoms with Crippen LogP contribution < -0.4 is 10.6 Å². The molecule has 6 heteroatoms. The fourth-order valence-corrected chi connectivity index (χ4v) is 2.06. The highest BCUT2D eigenvalue weighted by Gasteiger charge is 2.15. The van der Waals surface area contributed by atoms with Gasteiger partial charge in [0.2, 0.25) is 0 Å². The number of carbonyl (C=O) groups excluding carboxylic acids is 1. The van der Waals surface area contributed by atoms with Gasteiger partial charge in [-0.2, -0.15) is 5.26 Å². The van der Waals surface area contributed by atoms with Crippen molar-refractivity contribution in [2.24, 2.45) is 0 Å². The number of hydrogen-bond acceptors (Lipinski definition) is 4. The lowest BCUT2D eigenvalue weighted by atomic mass is 10.2. The minimum absolute atomic E-state index is 0.414. The molecule has 1 rings (SSSR count). The monoisotopic (exact) mass is 353 g/mol. The van der Waals surface area contributed by atoms with E-state index in [0.717, 1.165) is 16.6 Å². The number of carbonyl (C=O) groups is 1. The summed E-state index contributed by atoms with van der Waals surface area (Å²) < 4.78 is 5.90. The predicted molar refractivity (Wildman–Crippen MR) is 86.2 cm³/mol. The lowest BCUT2D eigenvalue weighted by Gasteiger charge is -2.19. The van der Waals surface area contributed by atoms with Gasteiger partial charge in [0.25, 0.3) is 0 Å². The van der Waals surface area contributed by atoms with Gasteiger partial charge < -0.3 is 15.4 Å². The van der Waals surface area contributed by atoms with Crippen LogP contribution in [-0.2, 0) is 4.74 Å². The van der Waals surface area contributed by atoms with Gasteiger partial charge in [-0.15, -0.1) is 0 Å². The van der Waals surface area contributed by atoms with Crippen molar-refractivity contribution < 1.29 is 9.53 Å². The van der Waals surface area contributed by atoms with Crippen molar-refractivity contribution in [1.82, 2.24) is 5.32 Å². The maximum atomic E-state index is 11.4. The maximum absolute atomic E-state index is 11.4. The van der Waals surface area contributed by atoms with Crippen LogP contribution in [0.1, 0.15) is 32.8 Å². The first kappa shape index (κ1) is 17.3. The molecule has 0 aliphatic heterocycles. The van der Waals surface area contributed by atoms with Gasteiger partial charge in [0.05, 0.1) is 11.3 Å². The smallest absolute Gasteiger partial charge is 0.407 e. The molecule has 21 heavy (non-hydrogen) atoms. The van der Waals surface area contributed by atoms with Crippen LogP contribution in [0.25, 0.3) is 0 Å². The van der Waals surface area contributed by atoms with Crippen molar-refractivity contribution in [3.05, 3.63) is 28.2 Å². The molecule has 0 aliphatic carbocycles. The molecule has 1 amide bonds. The number of amides is 1. The zero-order valence-corrected chi connectivity index (χ0v) is 14.1. The first-order valence-corrected chi connectivity index (χ1v) is 7.52. The number of nitriles is 1. The number of anilines is 1. The van der Waals surface area contributed by atoms with Crippen LogP contribution in [0, 0.1) is 11.3 Å². The molecule has 0 unspecified atom stereocenters. The molecule has 1 aromatic rings. The molecule has 0 bridgehead atoms. The molecule has 0 aliphatic rings. The molecule has 0 radical (unpaired) electrons. The van der Waals surface area contributed by atoms with E-state index in [1.165, 1.54) is 0 Å². The average Bonchev–Trinajstić information content (AvgIpc) is 2.36. The summed E-state index contributed by atoms with van der Waals surface area (Å²) in [5.41, 5.74) is 0.877. The van der Waals surface area contributed by atoms with Crippen LogP contribution >= 0.6 is 15.9 Å². The Bertz CT molecular complexity index is 533. The minimum atomic E-state index is -0.486. The van der Waals surface area contributed by atoms with Crippen LogP contribution in [0.2, 0.25) is 0 Å². The number of nitrogens with zero attached hydrogens (tertiary/aromatic N) is 1. The first-order valence-electron chi connectivity index (χ1n) is 6.73. The molecule has 0 heterocycles. The Hall–Kier alpha value is -1.74. The molecular weight excluding hydrogens is 334 g/mol. The number of nitrogens with one attached hydrogen (secondary N) is 2. The van der Waals surface area contributed by atoms with Gasteiger partial charge in [-0.3, -0.25) is 0 Å².